The van der Waals surface area contributed by atoms with Gasteiger partial charge in [0.1, 0.15) is 11.3 Å². The number of aromatic nitrogens is 1. The van der Waals surface area contributed by atoms with Crippen molar-refractivity contribution in [3.8, 4) is 0 Å². The predicted molar refractivity (Wildman–Crippen MR) is 84.0 cm³/mol. The minimum absolute atomic E-state index is 0.0347. The fourth-order valence-electron chi connectivity index (χ4n) is 2.02. The highest BCUT2D eigenvalue weighted by Gasteiger charge is 2.36. The molecule has 8 heteroatoms. The van der Waals surface area contributed by atoms with Crippen LogP contribution in [0.2, 0.25) is 0 Å². The zero-order valence-electron chi connectivity index (χ0n) is 14.5. The highest BCUT2D eigenvalue weighted by Crippen LogP contribution is 2.29. The highest BCUT2D eigenvalue weighted by atomic mass is 19.4. The Kier molecular flexibility index (Phi) is 6.21. The van der Waals surface area contributed by atoms with Crippen LogP contribution in [-0.4, -0.2) is 41.7 Å². The van der Waals surface area contributed by atoms with Gasteiger partial charge in [-0.05, 0) is 53.4 Å². The van der Waals surface area contributed by atoms with Gasteiger partial charge in [-0.3, -0.25) is 4.79 Å². The number of rotatable bonds is 6. The maximum absolute atomic E-state index is 13.2. The Hall–Kier alpha value is -1.83. The third-order valence-corrected chi connectivity index (χ3v) is 4.12. The topological polar surface area (TPSA) is 51.5 Å². The molecule has 1 aromatic rings. The number of nitrogens with zero attached hydrogens (tertiary/aromatic N) is 2. The number of carbonyl (C=O) groups excluding carboxylic acids is 1. The van der Waals surface area contributed by atoms with Crippen LogP contribution in [0.15, 0.2) is 16.9 Å². The van der Waals surface area contributed by atoms with Crippen LogP contribution in [0.5, 0.6) is 0 Å². The molecule has 24 heavy (non-hydrogen) atoms. The molecule has 0 saturated heterocycles. The Morgan fingerprint density at radius 3 is 2.29 bits per heavy atom. The molecular formula is C16H23F3N2O3. The standard InChI is InChI=1S/C16H23F3N2O3/c1-6-24-14(23)11-7-8-12(16(17,18)19)21(13(11)22)10-9-15(2,3)20(4)5/h7-8H,6,9-10H2,1-5H3. The van der Waals surface area contributed by atoms with Gasteiger partial charge in [-0.15, -0.1) is 0 Å². The van der Waals surface area contributed by atoms with Gasteiger partial charge in [0.15, 0.2) is 0 Å². The number of hydrogen-bond donors (Lipinski definition) is 0. The van der Waals surface area contributed by atoms with Gasteiger partial charge in [-0.2, -0.15) is 13.2 Å². The third-order valence-electron chi connectivity index (χ3n) is 4.12. The first kappa shape index (κ1) is 20.2. The summed E-state index contributed by atoms with van der Waals surface area (Å²) in [5.41, 5.74) is -2.87. The van der Waals surface area contributed by atoms with E-state index in [2.05, 4.69) is 0 Å². The molecule has 0 saturated carbocycles. The van der Waals surface area contributed by atoms with Crippen molar-refractivity contribution in [3.63, 3.8) is 0 Å². The molecule has 0 aliphatic heterocycles. The summed E-state index contributed by atoms with van der Waals surface area (Å²) < 4.78 is 44.9. The summed E-state index contributed by atoms with van der Waals surface area (Å²) in [6.45, 7) is 5.15. The molecule has 5 nitrogen and oxygen atoms in total. The van der Waals surface area contributed by atoms with E-state index in [9.17, 15) is 22.8 Å². The van der Waals surface area contributed by atoms with Gasteiger partial charge in [0.25, 0.3) is 5.56 Å². The Morgan fingerprint density at radius 2 is 1.83 bits per heavy atom. The van der Waals surface area contributed by atoms with Gasteiger partial charge >= 0.3 is 12.1 Å². The van der Waals surface area contributed by atoms with E-state index in [4.69, 9.17) is 4.74 Å². The van der Waals surface area contributed by atoms with Gasteiger partial charge in [0.2, 0.25) is 0 Å². The minimum Gasteiger partial charge on any atom is -0.462 e. The number of esters is 1. The van der Waals surface area contributed by atoms with E-state index in [1.165, 1.54) is 0 Å². The van der Waals surface area contributed by atoms with Crippen molar-refractivity contribution in [2.45, 2.75) is 45.5 Å². The summed E-state index contributed by atoms with van der Waals surface area (Å²) in [6.07, 6.45) is -4.39. The van der Waals surface area contributed by atoms with Gasteiger partial charge in [-0.25, -0.2) is 4.79 Å². The van der Waals surface area contributed by atoms with Crippen LogP contribution in [0.3, 0.4) is 0 Å². The molecule has 0 aliphatic rings. The van der Waals surface area contributed by atoms with Crippen molar-refractivity contribution in [2.24, 2.45) is 0 Å². The maximum Gasteiger partial charge on any atom is 0.431 e. The number of ether oxygens (including phenoxy) is 1. The van der Waals surface area contributed by atoms with E-state index in [1.807, 2.05) is 32.8 Å². The molecule has 1 aromatic heterocycles. The van der Waals surface area contributed by atoms with Crippen LogP contribution in [0.4, 0.5) is 13.2 Å². The summed E-state index contributed by atoms with van der Waals surface area (Å²) in [7, 11) is 3.62. The lowest BCUT2D eigenvalue weighted by Crippen LogP contribution is -2.41. The third kappa shape index (κ3) is 4.59. The molecule has 0 unspecified atom stereocenters. The Morgan fingerprint density at radius 1 is 1.25 bits per heavy atom. The van der Waals surface area contributed by atoms with Gasteiger partial charge < -0.3 is 14.2 Å². The van der Waals surface area contributed by atoms with Crippen molar-refractivity contribution in [1.82, 2.24) is 9.47 Å². The molecule has 0 radical (unpaired) electrons. The van der Waals surface area contributed by atoms with Crippen molar-refractivity contribution in [3.05, 3.63) is 33.7 Å². The number of halogens is 3. The quantitative estimate of drug-likeness (QED) is 0.742. The Balaban J connectivity index is 3.34. The van der Waals surface area contributed by atoms with Crippen molar-refractivity contribution >= 4 is 5.97 Å². The summed E-state index contributed by atoms with van der Waals surface area (Å²) in [4.78, 5) is 26.0. The lowest BCUT2D eigenvalue weighted by molar-refractivity contribution is -0.144. The number of alkyl halides is 3. The van der Waals surface area contributed by atoms with E-state index in [1.54, 1.807) is 6.92 Å². The van der Waals surface area contributed by atoms with Crippen LogP contribution >= 0.6 is 0 Å². The second kappa shape index (κ2) is 7.38. The molecule has 0 fully saturated rings. The second-order valence-corrected chi connectivity index (χ2v) is 6.26. The second-order valence-electron chi connectivity index (χ2n) is 6.26. The molecule has 0 amide bonds. The lowest BCUT2D eigenvalue weighted by Gasteiger charge is -2.33. The SMILES string of the molecule is CCOC(=O)c1ccc(C(F)(F)F)n(CCC(C)(C)N(C)C)c1=O. The fraction of sp³-hybridized carbons (Fsp3) is 0.625. The first-order chi connectivity index (χ1) is 10.9. The van der Waals surface area contributed by atoms with Gasteiger partial charge in [-0.1, -0.05) is 0 Å². The zero-order chi connectivity index (χ0) is 18.7. The summed E-state index contributed by atoms with van der Waals surface area (Å²) >= 11 is 0. The fourth-order valence-corrected chi connectivity index (χ4v) is 2.02. The summed E-state index contributed by atoms with van der Waals surface area (Å²) in [5.74, 6) is -0.920. The molecule has 1 rings (SSSR count). The highest BCUT2D eigenvalue weighted by molar-refractivity contribution is 5.88. The summed E-state index contributed by atoms with van der Waals surface area (Å²) in [6, 6.07) is 1.62. The molecule has 136 valence electrons. The normalized spacial score (nSPS) is 12.5. The Labute approximate surface area is 139 Å². The van der Waals surface area contributed by atoms with Gasteiger partial charge in [0, 0.05) is 12.1 Å². The van der Waals surface area contributed by atoms with Crippen LogP contribution in [0.1, 0.15) is 43.2 Å². The van der Waals surface area contributed by atoms with Crippen molar-refractivity contribution in [2.75, 3.05) is 20.7 Å². The average Bonchev–Trinajstić information content (AvgIpc) is 2.44. The minimum atomic E-state index is -4.69. The monoisotopic (exact) mass is 348 g/mol. The predicted octanol–water partition coefficient (Wildman–Crippen LogP) is 2.77. The maximum atomic E-state index is 13.2. The largest absolute Gasteiger partial charge is 0.462 e. The van der Waals surface area contributed by atoms with Crippen LogP contribution in [0, 0.1) is 0 Å². The molecule has 0 aromatic carbocycles. The smallest absolute Gasteiger partial charge is 0.431 e. The van der Waals surface area contributed by atoms with Crippen molar-refractivity contribution < 1.29 is 22.7 Å². The van der Waals surface area contributed by atoms with E-state index < -0.39 is 34.5 Å². The molecule has 1 heterocycles. The number of pyridine rings is 1. The van der Waals surface area contributed by atoms with E-state index in [0.717, 1.165) is 12.1 Å². The molecule has 0 atom stereocenters. The lowest BCUT2D eigenvalue weighted by atomic mass is 9.99. The summed E-state index contributed by atoms with van der Waals surface area (Å²) in [5, 5.41) is 0. The molecule has 0 N–H and O–H groups in total. The van der Waals surface area contributed by atoms with Crippen molar-refractivity contribution in [1.29, 1.82) is 0 Å². The number of hydrogen-bond acceptors (Lipinski definition) is 4. The Bertz CT molecular complexity index is 649. The molecular weight excluding hydrogens is 325 g/mol. The van der Waals surface area contributed by atoms with Crippen LogP contribution < -0.4 is 5.56 Å². The van der Waals surface area contributed by atoms with E-state index >= 15 is 0 Å². The molecule has 0 spiro atoms. The first-order valence-electron chi connectivity index (χ1n) is 7.57. The van der Waals surface area contributed by atoms with E-state index in [0.29, 0.717) is 11.0 Å². The van der Waals surface area contributed by atoms with E-state index in [-0.39, 0.29) is 13.2 Å². The van der Waals surface area contributed by atoms with Crippen LogP contribution in [0.25, 0.3) is 0 Å². The first-order valence-corrected chi connectivity index (χ1v) is 7.57. The van der Waals surface area contributed by atoms with Crippen LogP contribution in [-0.2, 0) is 17.5 Å². The molecule has 0 bridgehead atoms. The molecule has 0 aliphatic carbocycles. The van der Waals surface area contributed by atoms with Gasteiger partial charge in [0.05, 0.1) is 6.61 Å². The number of carbonyl (C=O) groups is 1. The average molecular weight is 348 g/mol. The zero-order valence-corrected chi connectivity index (χ0v) is 14.5.